The van der Waals surface area contributed by atoms with E-state index in [4.69, 9.17) is 14.7 Å². The predicted octanol–water partition coefficient (Wildman–Crippen LogP) is 1.89. The summed E-state index contributed by atoms with van der Waals surface area (Å²) in [5.74, 6) is -0.924. The molecule has 0 bridgehead atoms. The molecule has 3 atom stereocenters. The van der Waals surface area contributed by atoms with Crippen molar-refractivity contribution in [2.75, 3.05) is 13.7 Å². The second-order valence-corrected chi connectivity index (χ2v) is 4.14. The van der Waals surface area contributed by atoms with Crippen molar-refractivity contribution in [3.05, 3.63) is 0 Å². The summed E-state index contributed by atoms with van der Waals surface area (Å²) in [6.45, 7) is 2.09. The smallest absolute Gasteiger partial charge is 0.323 e. The number of hydrogen-bond acceptors (Lipinski definition) is 4. The Kier molecular flexibility index (Phi) is 5.27. The van der Waals surface area contributed by atoms with Gasteiger partial charge in [-0.05, 0) is 32.1 Å². The van der Waals surface area contributed by atoms with Crippen molar-refractivity contribution in [2.24, 2.45) is 11.8 Å². The first-order valence-electron chi connectivity index (χ1n) is 5.82. The summed E-state index contributed by atoms with van der Waals surface area (Å²) < 4.78 is 10.2. The van der Waals surface area contributed by atoms with Crippen molar-refractivity contribution in [1.29, 1.82) is 5.26 Å². The third-order valence-corrected chi connectivity index (χ3v) is 3.15. The molecule has 0 aromatic carbocycles. The Labute approximate surface area is 96.5 Å². The average Bonchev–Trinajstić information content (AvgIpc) is 2.31. The normalized spacial score (nSPS) is 26.8. The molecule has 90 valence electrons. The minimum Gasteiger partial charge on any atom is -0.465 e. The maximum atomic E-state index is 11.6. The van der Waals surface area contributed by atoms with Gasteiger partial charge >= 0.3 is 5.97 Å². The molecule has 0 aliphatic heterocycles. The molecule has 3 unspecified atom stereocenters. The second kappa shape index (κ2) is 6.49. The Balaban J connectivity index is 2.59. The number of carbonyl (C=O) groups excluding carboxylic acids is 1. The Hall–Kier alpha value is -1.08. The largest absolute Gasteiger partial charge is 0.465 e. The third kappa shape index (κ3) is 3.21. The molecule has 0 N–H and O–H groups in total. The van der Waals surface area contributed by atoms with Crippen LogP contribution in [0.5, 0.6) is 0 Å². The fourth-order valence-corrected chi connectivity index (χ4v) is 2.28. The van der Waals surface area contributed by atoms with Crippen molar-refractivity contribution in [2.45, 2.75) is 38.7 Å². The lowest BCUT2D eigenvalue weighted by Gasteiger charge is -2.29. The van der Waals surface area contributed by atoms with E-state index in [0.29, 0.717) is 6.61 Å². The summed E-state index contributed by atoms with van der Waals surface area (Å²) in [5.41, 5.74) is 0. The zero-order chi connectivity index (χ0) is 12.0. The second-order valence-electron chi connectivity index (χ2n) is 4.14. The number of esters is 1. The van der Waals surface area contributed by atoms with Crippen LogP contribution < -0.4 is 0 Å². The highest BCUT2D eigenvalue weighted by molar-refractivity contribution is 5.75. The van der Waals surface area contributed by atoms with E-state index < -0.39 is 5.92 Å². The van der Waals surface area contributed by atoms with E-state index >= 15 is 0 Å². The van der Waals surface area contributed by atoms with Crippen molar-refractivity contribution < 1.29 is 14.3 Å². The maximum absolute atomic E-state index is 11.6. The molecule has 1 aliphatic carbocycles. The maximum Gasteiger partial charge on any atom is 0.323 e. The molecule has 0 spiro atoms. The molecule has 0 saturated heterocycles. The van der Waals surface area contributed by atoms with Gasteiger partial charge in [-0.25, -0.2) is 0 Å². The van der Waals surface area contributed by atoms with Crippen LogP contribution >= 0.6 is 0 Å². The van der Waals surface area contributed by atoms with Gasteiger partial charge in [0, 0.05) is 7.11 Å². The number of rotatable bonds is 4. The number of carbonyl (C=O) groups is 1. The van der Waals surface area contributed by atoms with Crippen LogP contribution in [0.2, 0.25) is 0 Å². The Morgan fingerprint density at radius 1 is 1.56 bits per heavy atom. The molecule has 0 aromatic rings. The van der Waals surface area contributed by atoms with Crippen molar-refractivity contribution in [3.8, 4) is 6.07 Å². The Bertz CT molecular complexity index is 272. The zero-order valence-electron chi connectivity index (χ0n) is 9.94. The lowest BCUT2D eigenvalue weighted by Crippen LogP contribution is -2.31. The molecule has 1 fully saturated rings. The van der Waals surface area contributed by atoms with Gasteiger partial charge in [0.15, 0.2) is 0 Å². The van der Waals surface area contributed by atoms with Gasteiger partial charge in [0.2, 0.25) is 0 Å². The SMILES string of the molecule is CCOC(=O)C(C#N)C1CCCC(OC)C1. The van der Waals surface area contributed by atoms with Crippen molar-refractivity contribution in [3.63, 3.8) is 0 Å². The molecular weight excluding hydrogens is 206 g/mol. The molecule has 0 aromatic heterocycles. The summed E-state index contributed by atoms with van der Waals surface area (Å²) in [6.07, 6.45) is 3.92. The van der Waals surface area contributed by atoms with Gasteiger partial charge in [0.1, 0.15) is 5.92 Å². The molecule has 0 amide bonds. The van der Waals surface area contributed by atoms with Gasteiger partial charge in [-0.2, -0.15) is 5.26 Å². The Morgan fingerprint density at radius 3 is 2.88 bits per heavy atom. The van der Waals surface area contributed by atoms with Gasteiger partial charge in [-0.15, -0.1) is 0 Å². The zero-order valence-corrected chi connectivity index (χ0v) is 9.94. The van der Waals surface area contributed by atoms with E-state index in [1.165, 1.54) is 0 Å². The topological polar surface area (TPSA) is 59.3 Å². The number of methoxy groups -OCH3 is 1. The lowest BCUT2D eigenvalue weighted by atomic mass is 9.79. The van der Waals surface area contributed by atoms with Crippen LogP contribution in [0.3, 0.4) is 0 Å². The molecule has 1 aliphatic rings. The number of nitrogens with zero attached hydrogens (tertiary/aromatic N) is 1. The minimum absolute atomic E-state index is 0.0859. The van der Waals surface area contributed by atoms with Crippen LogP contribution in [0.1, 0.15) is 32.6 Å². The third-order valence-electron chi connectivity index (χ3n) is 3.15. The first-order valence-corrected chi connectivity index (χ1v) is 5.82. The van der Waals surface area contributed by atoms with Gasteiger partial charge in [0.25, 0.3) is 0 Å². The van der Waals surface area contributed by atoms with Crippen LogP contribution in [-0.4, -0.2) is 25.8 Å². The highest BCUT2D eigenvalue weighted by atomic mass is 16.5. The monoisotopic (exact) mass is 225 g/mol. The van der Waals surface area contributed by atoms with E-state index in [-0.39, 0.29) is 18.0 Å². The summed E-state index contributed by atoms with van der Waals surface area (Å²) in [6, 6.07) is 2.07. The van der Waals surface area contributed by atoms with E-state index in [1.807, 2.05) is 0 Å². The first kappa shape index (κ1) is 13.0. The molecule has 0 radical (unpaired) electrons. The molecule has 4 nitrogen and oxygen atoms in total. The fraction of sp³-hybridized carbons (Fsp3) is 0.833. The highest BCUT2D eigenvalue weighted by Crippen LogP contribution is 2.31. The van der Waals surface area contributed by atoms with Crippen molar-refractivity contribution >= 4 is 5.97 Å². The van der Waals surface area contributed by atoms with E-state index in [9.17, 15) is 4.79 Å². The van der Waals surface area contributed by atoms with E-state index in [0.717, 1.165) is 25.7 Å². The summed E-state index contributed by atoms with van der Waals surface area (Å²) >= 11 is 0. The van der Waals surface area contributed by atoms with E-state index in [2.05, 4.69) is 6.07 Å². The van der Waals surface area contributed by atoms with Crippen LogP contribution in [0, 0.1) is 23.2 Å². The van der Waals surface area contributed by atoms with E-state index in [1.54, 1.807) is 14.0 Å². The quantitative estimate of drug-likeness (QED) is 0.685. The summed E-state index contributed by atoms with van der Waals surface area (Å²) in [4.78, 5) is 11.6. The number of ether oxygens (including phenoxy) is 2. The average molecular weight is 225 g/mol. The summed E-state index contributed by atoms with van der Waals surface area (Å²) in [5, 5.41) is 9.04. The molecule has 4 heteroatoms. The molecule has 16 heavy (non-hydrogen) atoms. The van der Waals surface area contributed by atoms with Crippen LogP contribution in [0.4, 0.5) is 0 Å². The van der Waals surface area contributed by atoms with Crippen LogP contribution in [0.25, 0.3) is 0 Å². The van der Waals surface area contributed by atoms with Gasteiger partial charge in [0.05, 0.1) is 18.8 Å². The highest BCUT2D eigenvalue weighted by Gasteiger charge is 2.33. The predicted molar refractivity (Wildman–Crippen MR) is 58.5 cm³/mol. The number of nitriles is 1. The Morgan fingerprint density at radius 2 is 2.31 bits per heavy atom. The molecule has 1 rings (SSSR count). The first-order chi connectivity index (χ1) is 7.72. The fourth-order valence-electron chi connectivity index (χ4n) is 2.28. The van der Waals surface area contributed by atoms with Crippen LogP contribution in [-0.2, 0) is 14.3 Å². The van der Waals surface area contributed by atoms with Crippen molar-refractivity contribution in [1.82, 2.24) is 0 Å². The molecule has 1 saturated carbocycles. The molecule has 0 heterocycles. The number of hydrogen-bond donors (Lipinski definition) is 0. The standard InChI is InChI=1S/C12H19NO3/c1-3-16-12(14)11(8-13)9-5-4-6-10(7-9)15-2/h9-11H,3-7H2,1-2H3. The van der Waals surface area contributed by atoms with Crippen LogP contribution in [0.15, 0.2) is 0 Å². The minimum atomic E-state index is -0.627. The van der Waals surface area contributed by atoms with Gasteiger partial charge < -0.3 is 9.47 Å². The summed E-state index contributed by atoms with van der Waals surface area (Å²) in [7, 11) is 1.68. The lowest BCUT2D eigenvalue weighted by molar-refractivity contribution is -0.148. The molecular formula is C12H19NO3. The van der Waals surface area contributed by atoms with Gasteiger partial charge in [-0.3, -0.25) is 4.79 Å². The van der Waals surface area contributed by atoms with Gasteiger partial charge in [-0.1, -0.05) is 6.42 Å².